The summed E-state index contributed by atoms with van der Waals surface area (Å²) in [6, 6.07) is 0. The van der Waals surface area contributed by atoms with E-state index in [-0.39, 0.29) is 13.0 Å². The van der Waals surface area contributed by atoms with E-state index in [1.165, 1.54) is 0 Å². The van der Waals surface area contributed by atoms with Crippen molar-refractivity contribution in [2.75, 3.05) is 6.61 Å². The lowest BCUT2D eigenvalue weighted by Crippen LogP contribution is -2.43. The first-order chi connectivity index (χ1) is 5.04. The molecule has 1 heterocycles. The van der Waals surface area contributed by atoms with Crippen molar-refractivity contribution in [2.45, 2.75) is 25.4 Å². The molecule has 5 heteroatoms. The lowest BCUT2D eigenvalue weighted by Gasteiger charge is -2.23. The maximum absolute atomic E-state index is 10.4. The zero-order chi connectivity index (χ0) is 8.48. The standard InChI is InChI=1S/C6H10O5/c1-4(7)11-6(9)5(8)2-3-10-6/h5,8-9H,2-3H2,1H3. The molecule has 0 radical (unpaired) electrons. The summed E-state index contributed by atoms with van der Waals surface area (Å²) >= 11 is 0. The first-order valence-electron chi connectivity index (χ1n) is 3.28. The molecule has 0 aromatic carbocycles. The number of esters is 1. The maximum atomic E-state index is 10.4. The minimum atomic E-state index is -2.12. The average Bonchev–Trinajstić information content (AvgIpc) is 2.11. The average molecular weight is 162 g/mol. The Kier molecular flexibility index (Phi) is 2.12. The second-order valence-corrected chi connectivity index (χ2v) is 2.38. The third-order valence-electron chi connectivity index (χ3n) is 1.41. The van der Waals surface area contributed by atoms with E-state index in [4.69, 9.17) is 5.11 Å². The van der Waals surface area contributed by atoms with Crippen molar-refractivity contribution in [2.24, 2.45) is 0 Å². The quantitative estimate of drug-likeness (QED) is 0.381. The zero-order valence-corrected chi connectivity index (χ0v) is 6.11. The highest BCUT2D eigenvalue weighted by Gasteiger charge is 2.45. The molecule has 0 amide bonds. The van der Waals surface area contributed by atoms with Crippen molar-refractivity contribution in [3.63, 3.8) is 0 Å². The Hall–Kier alpha value is -0.650. The van der Waals surface area contributed by atoms with Gasteiger partial charge in [0.2, 0.25) is 0 Å². The molecule has 2 N–H and O–H groups in total. The number of carbonyl (C=O) groups is 1. The summed E-state index contributed by atoms with van der Waals surface area (Å²) in [5.74, 6) is -2.81. The summed E-state index contributed by atoms with van der Waals surface area (Å²) < 4.78 is 8.98. The van der Waals surface area contributed by atoms with Gasteiger partial charge in [0.05, 0.1) is 6.61 Å². The normalized spacial score (nSPS) is 37.2. The zero-order valence-electron chi connectivity index (χ0n) is 6.11. The minimum Gasteiger partial charge on any atom is -0.406 e. The Labute approximate surface area is 63.5 Å². The molecule has 1 fully saturated rings. The van der Waals surface area contributed by atoms with Gasteiger partial charge in [-0.3, -0.25) is 4.79 Å². The molecule has 11 heavy (non-hydrogen) atoms. The van der Waals surface area contributed by atoms with Crippen molar-refractivity contribution >= 4 is 5.97 Å². The Morgan fingerprint density at radius 3 is 2.82 bits per heavy atom. The van der Waals surface area contributed by atoms with E-state index >= 15 is 0 Å². The first kappa shape index (κ1) is 8.45. The molecule has 0 aromatic rings. The number of aliphatic hydroxyl groups excluding tert-OH is 1. The van der Waals surface area contributed by atoms with Crippen LogP contribution in [0.15, 0.2) is 0 Å². The van der Waals surface area contributed by atoms with Crippen LogP contribution in [-0.4, -0.2) is 34.9 Å². The fraction of sp³-hybridized carbons (Fsp3) is 0.833. The summed E-state index contributed by atoms with van der Waals surface area (Å²) in [6.07, 6.45) is -0.879. The molecule has 0 aromatic heterocycles. The van der Waals surface area contributed by atoms with Crippen LogP contribution >= 0.6 is 0 Å². The third kappa shape index (κ3) is 1.68. The van der Waals surface area contributed by atoms with Crippen LogP contribution in [0.3, 0.4) is 0 Å². The van der Waals surface area contributed by atoms with E-state index in [0.717, 1.165) is 6.92 Å². The smallest absolute Gasteiger partial charge is 0.354 e. The largest absolute Gasteiger partial charge is 0.406 e. The summed E-state index contributed by atoms with van der Waals surface area (Å²) in [4.78, 5) is 10.4. The summed E-state index contributed by atoms with van der Waals surface area (Å²) in [5, 5.41) is 18.3. The van der Waals surface area contributed by atoms with Gasteiger partial charge in [-0.25, -0.2) is 0 Å². The van der Waals surface area contributed by atoms with Crippen LogP contribution < -0.4 is 0 Å². The molecule has 0 bridgehead atoms. The molecule has 2 atom stereocenters. The van der Waals surface area contributed by atoms with Gasteiger partial charge in [-0.1, -0.05) is 0 Å². The van der Waals surface area contributed by atoms with Gasteiger partial charge in [0.1, 0.15) is 6.10 Å². The van der Waals surface area contributed by atoms with Gasteiger partial charge in [-0.05, 0) is 0 Å². The monoisotopic (exact) mass is 162 g/mol. The van der Waals surface area contributed by atoms with Crippen LogP contribution in [0, 0.1) is 0 Å². The van der Waals surface area contributed by atoms with E-state index in [2.05, 4.69) is 9.47 Å². The second-order valence-electron chi connectivity index (χ2n) is 2.38. The van der Waals surface area contributed by atoms with Gasteiger partial charge in [-0.2, -0.15) is 0 Å². The van der Waals surface area contributed by atoms with E-state index < -0.39 is 18.0 Å². The number of rotatable bonds is 1. The fourth-order valence-electron chi connectivity index (χ4n) is 0.899. The third-order valence-corrected chi connectivity index (χ3v) is 1.41. The topological polar surface area (TPSA) is 76.0 Å². The summed E-state index contributed by atoms with van der Waals surface area (Å²) in [7, 11) is 0. The van der Waals surface area contributed by atoms with Crippen LogP contribution in [-0.2, 0) is 14.3 Å². The molecule has 2 unspecified atom stereocenters. The Bertz CT molecular complexity index is 168. The second kappa shape index (κ2) is 2.77. The predicted molar refractivity (Wildman–Crippen MR) is 33.3 cm³/mol. The van der Waals surface area contributed by atoms with Gasteiger partial charge in [0.25, 0.3) is 0 Å². The van der Waals surface area contributed by atoms with Crippen molar-refractivity contribution in [3.8, 4) is 0 Å². The molecular formula is C6H10O5. The lowest BCUT2D eigenvalue weighted by atomic mass is 10.3. The van der Waals surface area contributed by atoms with Gasteiger partial charge < -0.3 is 19.7 Å². The number of aliphatic hydroxyl groups is 2. The van der Waals surface area contributed by atoms with E-state index in [0.29, 0.717) is 0 Å². The highest BCUT2D eigenvalue weighted by atomic mass is 16.8. The molecule has 1 aliphatic heterocycles. The van der Waals surface area contributed by atoms with Gasteiger partial charge >= 0.3 is 11.9 Å². The lowest BCUT2D eigenvalue weighted by molar-refractivity contribution is -0.347. The van der Waals surface area contributed by atoms with E-state index in [9.17, 15) is 9.90 Å². The number of hydrogen-bond acceptors (Lipinski definition) is 5. The van der Waals surface area contributed by atoms with Crippen LogP contribution in [0.5, 0.6) is 0 Å². The summed E-state index contributed by atoms with van der Waals surface area (Å²) in [6.45, 7) is 1.32. The maximum Gasteiger partial charge on any atom is 0.354 e. The number of ether oxygens (including phenoxy) is 2. The molecule has 5 nitrogen and oxygen atoms in total. The Morgan fingerprint density at radius 2 is 2.45 bits per heavy atom. The van der Waals surface area contributed by atoms with Crippen LogP contribution in [0.1, 0.15) is 13.3 Å². The van der Waals surface area contributed by atoms with Crippen molar-refractivity contribution in [1.29, 1.82) is 0 Å². The van der Waals surface area contributed by atoms with Gasteiger partial charge in [0, 0.05) is 13.3 Å². The SMILES string of the molecule is CC(=O)OC1(O)OCCC1O. The van der Waals surface area contributed by atoms with Crippen LogP contribution in [0.25, 0.3) is 0 Å². The molecule has 0 spiro atoms. The molecule has 1 aliphatic rings. The predicted octanol–water partition coefficient (Wildman–Crippen LogP) is -1.02. The molecule has 64 valence electrons. The molecular weight excluding hydrogens is 152 g/mol. The molecule has 1 saturated heterocycles. The fourth-order valence-corrected chi connectivity index (χ4v) is 0.899. The molecule has 0 saturated carbocycles. The van der Waals surface area contributed by atoms with E-state index in [1.54, 1.807) is 0 Å². The Morgan fingerprint density at radius 1 is 1.82 bits per heavy atom. The minimum absolute atomic E-state index is 0.185. The van der Waals surface area contributed by atoms with Gasteiger partial charge in [0.15, 0.2) is 0 Å². The Balaban J connectivity index is 2.58. The highest BCUT2D eigenvalue weighted by molar-refractivity contribution is 5.66. The molecule has 0 aliphatic carbocycles. The van der Waals surface area contributed by atoms with Crippen LogP contribution in [0.4, 0.5) is 0 Å². The number of hydrogen-bond donors (Lipinski definition) is 2. The first-order valence-corrected chi connectivity index (χ1v) is 3.28. The van der Waals surface area contributed by atoms with Crippen molar-refractivity contribution < 1.29 is 24.5 Å². The van der Waals surface area contributed by atoms with Crippen molar-refractivity contribution in [1.82, 2.24) is 0 Å². The van der Waals surface area contributed by atoms with Gasteiger partial charge in [-0.15, -0.1) is 0 Å². The van der Waals surface area contributed by atoms with E-state index in [1.807, 2.05) is 0 Å². The summed E-state index contributed by atoms with van der Waals surface area (Å²) in [5.41, 5.74) is 0. The van der Waals surface area contributed by atoms with Crippen molar-refractivity contribution in [3.05, 3.63) is 0 Å². The molecule has 1 rings (SSSR count). The van der Waals surface area contributed by atoms with Crippen LogP contribution in [0.2, 0.25) is 0 Å². The highest BCUT2D eigenvalue weighted by Crippen LogP contribution is 2.24. The number of carbonyl (C=O) groups excluding carboxylic acids is 1.